The highest BCUT2D eigenvalue weighted by molar-refractivity contribution is 7.89. The number of anilines is 1. The fraction of sp³-hybridized carbons (Fsp3) is 0.611. The molecule has 2 aliphatic carbocycles. The molecule has 4 atom stereocenters. The standard InChI is InChI=1S/C18H25N3O3S.ClH/c1-2-20-25(23,24)14-6-5-11-7-8-21(15(11)10-14)18(22)16-12-3-4-13(9-12)17(16)19;/h5-6,10,12-13,16-17,20H,2-4,7-9,19H2,1H3;1H. The van der Waals surface area contributed by atoms with Crippen molar-refractivity contribution in [3.8, 4) is 0 Å². The van der Waals surface area contributed by atoms with Crippen LogP contribution in [0.25, 0.3) is 0 Å². The van der Waals surface area contributed by atoms with Gasteiger partial charge in [0.05, 0.1) is 10.8 Å². The second kappa shape index (κ2) is 7.11. The van der Waals surface area contributed by atoms with Gasteiger partial charge in [0.25, 0.3) is 0 Å². The lowest BCUT2D eigenvalue weighted by Crippen LogP contribution is -2.46. The number of hydrogen-bond acceptors (Lipinski definition) is 4. The molecule has 4 rings (SSSR count). The van der Waals surface area contributed by atoms with Gasteiger partial charge in [-0.15, -0.1) is 12.4 Å². The summed E-state index contributed by atoms with van der Waals surface area (Å²) < 4.78 is 27.1. The number of benzene rings is 1. The Bertz CT molecular complexity index is 812. The second-order valence-electron chi connectivity index (χ2n) is 7.47. The van der Waals surface area contributed by atoms with Crippen LogP contribution in [0.5, 0.6) is 0 Å². The summed E-state index contributed by atoms with van der Waals surface area (Å²) in [6.07, 6.45) is 4.05. The van der Waals surface area contributed by atoms with Crippen LogP contribution in [0, 0.1) is 17.8 Å². The van der Waals surface area contributed by atoms with E-state index in [0.717, 1.165) is 36.9 Å². The Kier molecular flexibility index (Phi) is 5.36. The first-order valence-electron chi connectivity index (χ1n) is 9.12. The zero-order valence-corrected chi connectivity index (χ0v) is 16.5. The molecule has 8 heteroatoms. The summed E-state index contributed by atoms with van der Waals surface area (Å²) in [5, 5.41) is 0. The maximum atomic E-state index is 13.2. The zero-order valence-electron chi connectivity index (χ0n) is 14.8. The summed E-state index contributed by atoms with van der Waals surface area (Å²) >= 11 is 0. The monoisotopic (exact) mass is 399 g/mol. The molecule has 1 aliphatic heterocycles. The fourth-order valence-electron chi connectivity index (χ4n) is 4.91. The van der Waals surface area contributed by atoms with Crippen molar-refractivity contribution in [2.75, 3.05) is 18.0 Å². The van der Waals surface area contributed by atoms with E-state index in [-0.39, 0.29) is 35.2 Å². The third-order valence-electron chi connectivity index (χ3n) is 6.13. The van der Waals surface area contributed by atoms with Crippen molar-refractivity contribution in [1.82, 2.24) is 4.72 Å². The highest BCUT2D eigenvalue weighted by atomic mass is 35.5. The summed E-state index contributed by atoms with van der Waals surface area (Å²) in [5.74, 6) is 0.835. The quantitative estimate of drug-likeness (QED) is 0.805. The largest absolute Gasteiger partial charge is 0.327 e. The van der Waals surface area contributed by atoms with E-state index in [1.54, 1.807) is 24.0 Å². The Hall–Kier alpha value is -1.15. The van der Waals surface area contributed by atoms with E-state index in [1.807, 2.05) is 6.07 Å². The van der Waals surface area contributed by atoms with Crippen LogP contribution in [0.3, 0.4) is 0 Å². The van der Waals surface area contributed by atoms with Gasteiger partial charge in [-0.1, -0.05) is 13.0 Å². The third kappa shape index (κ3) is 3.05. The first-order valence-corrected chi connectivity index (χ1v) is 10.6. The van der Waals surface area contributed by atoms with Crippen LogP contribution in [0.1, 0.15) is 31.7 Å². The van der Waals surface area contributed by atoms with Crippen LogP contribution in [0.2, 0.25) is 0 Å². The summed E-state index contributed by atoms with van der Waals surface area (Å²) in [4.78, 5) is 15.2. The molecule has 1 aromatic rings. The summed E-state index contributed by atoms with van der Waals surface area (Å²) in [6.45, 7) is 2.69. The predicted molar refractivity (Wildman–Crippen MR) is 103 cm³/mol. The molecule has 4 unspecified atom stereocenters. The minimum atomic E-state index is -3.53. The van der Waals surface area contributed by atoms with Gasteiger partial charge in [-0.3, -0.25) is 4.79 Å². The number of carbonyl (C=O) groups excluding carboxylic acids is 1. The predicted octanol–water partition coefficient (Wildman–Crippen LogP) is 1.67. The van der Waals surface area contributed by atoms with Crippen LogP contribution in [0.15, 0.2) is 23.1 Å². The van der Waals surface area contributed by atoms with Crippen molar-refractivity contribution in [2.45, 2.75) is 43.5 Å². The van der Waals surface area contributed by atoms with E-state index in [2.05, 4.69) is 4.72 Å². The number of nitrogens with zero attached hydrogens (tertiary/aromatic N) is 1. The van der Waals surface area contributed by atoms with Crippen molar-refractivity contribution in [1.29, 1.82) is 0 Å². The van der Waals surface area contributed by atoms with Gasteiger partial charge >= 0.3 is 0 Å². The highest BCUT2D eigenvalue weighted by Crippen LogP contribution is 2.49. The fourth-order valence-corrected chi connectivity index (χ4v) is 5.97. The molecule has 0 spiro atoms. The first kappa shape index (κ1) is 19.6. The number of sulfonamides is 1. The number of carbonyl (C=O) groups is 1. The van der Waals surface area contributed by atoms with Gasteiger partial charge in [0, 0.05) is 24.8 Å². The molecule has 2 saturated carbocycles. The van der Waals surface area contributed by atoms with E-state index >= 15 is 0 Å². The Balaban J connectivity index is 0.00000196. The van der Waals surface area contributed by atoms with Gasteiger partial charge in [0.15, 0.2) is 0 Å². The molecule has 2 bridgehead atoms. The van der Waals surface area contributed by atoms with Gasteiger partial charge in [-0.2, -0.15) is 0 Å². The maximum Gasteiger partial charge on any atom is 0.240 e. The van der Waals surface area contributed by atoms with Crippen molar-refractivity contribution in [3.05, 3.63) is 23.8 Å². The summed E-state index contributed by atoms with van der Waals surface area (Å²) in [5.41, 5.74) is 8.10. The molecular weight excluding hydrogens is 374 g/mol. The number of halogens is 1. The van der Waals surface area contributed by atoms with Gasteiger partial charge < -0.3 is 10.6 Å². The normalized spacial score (nSPS) is 29.5. The van der Waals surface area contributed by atoms with E-state index in [9.17, 15) is 13.2 Å². The van der Waals surface area contributed by atoms with Crippen LogP contribution in [0.4, 0.5) is 5.69 Å². The maximum absolute atomic E-state index is 13.2. The molecule has 6 nitrogen and oxygen atoms in total. The number of fused-ring (bicyclic) bond motifs is 3. The third-order valence-corrected chi connectivity index (χ3v) is 7.67. The Morgan fingerprint density at radius 3 is 2.69 bits per heavy atom. The van der Waals surface area contributed by atoms with Crippen molar-refractivity contribution in [2.24, 2.45) is 23.5 Å². The topological polar surface area (TPSA) is 92.5 Å². The number of rotatable bonds is 4. The van der Waals surface area contributed by atoms with E-state index in [4.69, 9.17) is 5.73 Å². The SMILES string of the molecule is CCNS(=O)(=O)c1ccc2c(c1)N(C(=O)C1C3CCC(C3)C1N)CC2.Cl. The van der Waals surface area contributed by atoms with Crippen LogP contribution in [-0.2, 0) is 21.2 Å². The molecule has 3 aliphatic rings. The number of nitrogens with one attached hydrogen (secondary N) is 1. The molecule has 0 aromatic heterocycles. The van der Waals surface area contributed by atoms with E-state index < -0.39 is 10.0 Å². The van der Waals surface area contributed by atoms with Crippen LogP contribution in [-0.4, -0.2) is 33.5 Å². The zero-order chi connectivity index (χ0) is 17.8. The molecule has 1 aromatic carbocycles. The molecule has 0 saturated heterocycles. The average molecular weight is 400 g/mol. The number of amides is 1. The van der Waals surface area contributed by atoms with Crippen molar-refractivity contribution >= 4 is 34.0 Å². The molecule has 1 amide bonds. The molecule has 3 N–H and O–H groups in total. The molecule has 26 heavy (non-hydrogen) atoms. The van der Waals surface area contributed by atoms with Gasteiger partial charge in [0.2, 0.25) is 15.9 Å². The lowest BCUT2D eigenvalue weighted by Gasteiger charge is -2.31. The second-order valence-corrected chi connectivity index (χ2v) is 9.24. The summed E-state index contributed by atoms with van der Waals surface area (Å²) in [6, 6.07) is 5.03. The molecular formula is C18H26ClN3O3S. The van der Waals surface area contributed by atoms with Crippen LogP contribution < -0.4 is 15.4 Å². The average Bonchev–Trinajstić information content (AvgIpc) is 3.27. The Morgan fingerprint density at radius 1 is 1.31 bits per heavy atom. The highest BCUT2D eigenvalue weighted by Gasteiger charge is 2.50. The van der Waals surface area contributed by atoms with Crippen LogP contribution >= 0.6 is 12.4 Å². The van der Waals surface area contributed by atoms with E-state index in [0.29, 0.717) is 24.9 Å². The first-order chi connectivity index (χ1) is 11.9. The molecule has 0 radical (unpaired) electrons. The lowest BCUT2D eigenvalue weighted by atomic mass is 9.84. The Labute approximate surface area is 161 Å². The van der Waals surface area contributed by atoms with Gasteiger partial charge in [-0.05, 0) is 55.2 Å². The minimum absolute atomic E-state index is 0. The van der Waals surface area contributed by atoms with Gasteiger partial charge in [-0.25, -0.2) is 13.1 Å². The number of hydrogen-bond donors (Lipinski definition) is 2. The minimum Gasteiger partial charge on any atom is -0.327 e. The number of nitrogens with two attached hydrogens (primary N) is 1. The summed E-state index contributed by atoms with van der Waals surface area (Å²) in [7, 11) is -3.53. The lowest BCUT2D eigenvalue weighted by molar-refractivity contribution is -0.124. The van der Waals surface area contributed by atoms with E-state index in [1.165, 1.54) is 0 Å². The van der Waals surface area contributed by atoms with Crippen molar-refractivity contribution in [3.63, 3.8) is 0 Å². The molecule has 2 fully saturated rings. The molecule has 144 valence electrons. The Morgan fingerprint density at radius 2 is 2.04 bits per heavy atom. The smallest absolute Gasteiger partial charge is 0.240 e. The van der Waals surface area contributed by atoms with Crippen molar-refractivity contribution < 1.29 is 13.2 Å². The molecule has 1 heterocycles. The van der Waals surface area contributed by atoms with Gasteiger partial charge in [0.1, 0.15) is 0 Å².